The van der Waals surface area contributed by atoms with Crippen molar-refractivity contribution in [3.05, 3.63) is 336 Å². The van der Waals surface area contributed by atoms with Crippen LogP contribution in [-0.2, 0) is 0 Å². The molecule has 88 heavy (non-hydrogen) atoms. The molecule has 12 heteroatoms. The molecule has 12 aromatic rings. The monoisotopic (exact) mass is 1150 g/mol. The molecule has 0 aliphatic carbocycles. The number of carbonyl (C=O) groups excluding carboxylic acids is 4. The fraction of sp³-hybridized carbons (Fsp3) is 0. The van der Waals surface area contributed by atoms with E-state index in [1.54, 1.807) is 243 Å². The lowest BCUT2D eigenvalue weighted by molar-refractivity contribution is 0.103. The standard InChI is InChI=1S/C76H48O12/c77-73-49-17-33-57(34-18-49)81-65-9-1-2-10-66(65)82-58-35-19-50(20-36-58)74(78)52-23-39-60(40-24-52)84-69-13-5-6-14-70(69)86-62-43-27-54(28-44-62)76(80)56-31-47-64(48-32-56)88-72-16-8-7-15-71(72)87-63-45-29-55(30-46-63)75(79)53-25-41-61(42-26-53)85-68-12-4-3-11-67(68)83-59-37-21-51(73)22-38-59/h1-48H. The summed E-state index contributed by atoms with van der Waals surface area (Å²) in [6.07, 6.45) is 0. The van der Waals surface area contributed by atoms with Crippen molar-refractivity contribution in [1.82, 2.24) is 0 Å². The number of para-hydroxylation sites is 8. The molecule has 0 radical (unpaired) electrons. The minimum atomic E-state index is -0.191. The Kier molecular flexibility index (Phi) is 15.5. The minimum absolute atomic E-state index is 0.191. The van der Waals surface area contributed by atoms with E-state index in [-0.39, 0.29) is 23.1 Å². The van der Waals surface area contributed by atoms with Gasteiger partial charge >= 0.3 is 0 Å². The molecule has 13 heterocycles. The molecule has 25 rings (SSSR count). The lowest BCUT2D eigenvalue weighted by Gasteiger charge is -2.14. The molecule has 13 aliphatic heterocycles. The number of benzene rings is 12. The lowest BCUT2D eigenvalue weighted by atomic mass is 10.0. The molecule has 0 unspecified atom stereocenters. The van der Waals surface area contributed by atoms with Crippen LogP contribution < -0.4 is 37.9 Å². The molecule has 424 valence electrons. The molecular formula is C76H48O12. The van der Waals surface area contributed by atoms with E-state index < -0.39 is 0 Å². The van der Waals surface area contributed by atoms with E-state index >= 15 is 0 Å². The zero-order valence-electron chi connectivity index (χ0n) is 46.6. The molecule has 12 aromatic carbocycles. The van der Waals surface area contributed by atoms with Gasteiger partial charge in [-0.25, -0.2) is 0 Å². The van der Waals surface area contributed by atoms with Gasteiger partial charge in [-0.1, -0.05) is 48.5 Å². The van der Waals surface area contributed by atoms with E-state index in [0.717, 1.165) is 0 Å². The zero-order valence-corrected chi connectivity index (χ0v) is 46.6. The fourth-order valence-electron chi connectivity index (χ4n) is 9.55. The van der Waals surface area contributed by atoms with Crippen molar-refractivity contribution >= 4 is 23.1 Å². The Bertz CT molecular complexity index is 3640. The first-order valence-electron chi connectivity index (χ1n) is 28.0. The van der Waals surface area contributed by atoms with Crippen LogP contribution >= 0.6 is 0 Å². The third-order valence-corrected chi connectivity index (χ3v) is 14.2. The van der Waals surface area contributed by atoms with Gasteiger partial charge in [-0.3, -0.25) is 19.2 Å². The summed E-state index contributed by atoms with van der Waals surface area (Å²) in [4.78, 5) is 54.7. The topological polar surface area (TPSA) is 142 Å². The Morgan fingerprint density at radius 3 is 0.341 bits per heavy atom. The molecule has 0 aromatic heterocycles. The maximum absolute atomic E-state index is 13.7. The van der Waals surface area contributed by atoms with Crippen LogP contribution in [0.5, 0.6) is 92.0 Å². The summed E-state index contributed by atoms with van der Waals surface area (Å²) in [5.74, 6) is 6.68. The van der Waals surface area contributed by atoms with Crippen molar-refractivity contribution < 1.29 is 57.1 Å². The molecule has 0 atom stereocenters. The second-order valence-electron chi connectivity index (χ2n) is 20.1. The molecule has 12 nitrogen and oxygen atoms in total. The number of carbonyl (C=O) groups is 4. The molecule has 0 amide bonds. The first-order chi connectivity index (χ1) is 43.2. The van der Waals surface area contributed by atoms with Crippen LogP contribution in [0.2, 0.25) is 0 Å². The summed E-state index contributed by atoms with van der Waals surface area (Å²) < 4.78 is 50.0. The number of hydrogen-bond acceptors (Lipinski definition) is 12. The molecule has 0 saturated carbocycles. The summed E-state index contributed by atoms with van der Waals surface area (Å²) in [5, 5.41) is 0. The highest BCUT2D eigenvalue weighted by atomic mass is 16.5. The Morgan fingerprint density at radius 2 is 0.239 bits per heavy atom. The smallest absolute Gasteiger partial charge is 0.193 e. The first-order valence-corrected chi connectivity index (χ1v) is 28.0. The number of ether oxygens (including phenoxy) is 8. The molecular weight excluding hydrogens is 1100 g/mol. The number of hydrogen-bond donors (Lipinski definition) is 0. The Labute approximate surface area is 505 Å². The average Bonchev–Trinajstić information content (AvgIpc) is 3.75. The van der Waals surface area contributed by atoms with E-state index in [9.17, 15) is 19.2 Å². The van der Waals surface area contributed by atoms with Gasteiger partial charge in [-0.15, -0.1) is 0 Å². The van der Waals surface area contributed by atoms with E-state index in [4.69, 9.17) is 37.9 Å². The minimum Gasteiger partial charge on any atom is -0.453 e. The van der Waals surface area contributed by atoms with E-state index in [1.165, 1.54) is 0 Å². The number of rotatable bonds is 0. The highest BCUT2D eigenvalue weighted by Crippen LogP contribution is 2.40. The van der Waals surface area contributed by atoms with Crippen LogP contribution in [0.4, 0.5) is 0 Å². The number of ketones is 4. The van der Waals surface area contributed by atoms with Gasteiger partial charge in [0.1, 0.15) is 46.0 Å². The molecule has 0 N–H and O–H groups in total. The van der Waals surface area contributed by atoms with E-state index in [2.05, 4.69) is 0 Å². The highest BCUT2D eigenvalue weighted by Gasteiger charge is 2.18. The summed E-state index contributed by atoms with van der Waals surface area (Å²) in [6, 6.07) is 83.5. The fourth-order valence-corrected chi connectivity index (χ4v) is 9.55. The van der Waals surface area contributed by atoms with Crippen LogP contribution in [0.3, 0.4) is 0 Å². The van der Waals surface area contributed by atoms with Gasteiger partial charge in [-0.05, 0) is 243 Å². The van der Waals surface area contributed by atoms with Crippen LogP contribution in [0.15, 0.2) is 291 Å². The van der Waals surface area contributed by atoms with E-state index in [0.29, 0.717) is 136 Å². The zero-order chi connectivity index (χ0) is 59.8. The van der Waals surface area contributed by atoms with Gasteiger partial charge in [-0.2, -0.15) is 0 Å². The maximum Gasteiger partial charge on any atom is 0.193 e. The van der Waals surface area contributed by atoms with Gasteiger partial charge in [0.15, 0.2) is 69.1 Å². The first kappa shape index (κ1) is 54.9. The normalized spacial score (nSPS) is 12.5. The van der Waals surface area contributed by atoms with Crippen LogP contribution in [0, 0.1) is 0 Å². The Morgan fingerprint density at radius 1 is 0.136 bits per heavy atom. The second-order valence-corrected chi connectivity index (χ2v) is 20.1. The highest BCUT2D eigenvalue weighted by molar-refractivity contribution is 6.11. The SMILES string of the molecule is O=C1c2ccc(cc2)Oc2ccccc2Oc2ccc(cc2)C(=O)c2ccc(cc2)Oc2ccccc2Oc2ccc(cc2)C(=O)c2ccc(cc2)Oc2ccccc2Oc2ccc(cc2)C(=O)c2ccc(cc2)Oc2ccccc2Oc2ccc1cc2. The Balaban J connectivity index is 0.736. The molecule has 0 spiro atoms. The summed E-state index contributed by atoms with van der Waals surface area (Å²) in [7, 11) is 0. The van der Waals surface area contributed by atoms with Crippen molar-refractivity contribution in [3.63, 3.8) is 0 Å². The Hall–Kier alpha value is -12.3. The summed E-state index contributed by atoms with van der Waals surface area (Å²) in [5.41, 5.74) is 3.67. The molecule has 0 fully saturated rings. The van der Waals surface area contributed by atoms with Crippen LogP contribution in [-0.4, -0.2) is 23.1 Å². The largest absolute Gasteiger partial charge is 0.453 e. The van der Waals surface area contributed by atoms with Crippen molar-refractivity contribution in [2.45, 2.75) is 0 Å². The predicted octanol–water partition coefficient (Wildman–Crippen LogP) is 19.3. The van der Waals surface area contributed by atoms with Gasteiger partial charge < -0.3 is 37.9 Å². The average molecular weight is 1150 g/mol. The third-order valence-electron chi connectivity index (χ3n) is 14.2. The summed E-state index contributed by atoms with van der Waals surface area (Å²) in [6.45, 7) is 0. The third kappa shape index (κ3) is 12.6. The summed E-state index contributed by atoms with van der Waals surface area (Å²) >= 11 is 0. The van der Waals surface area contributed by atoms with E-state index in [1.807, 2.05) is 48.5 Å². The van der Waals surface area contributed by atoms with Crippen molar-refractivity contribution in [3.8, 4) is 92.0 Å². The van der Waals surface area contributed by atoms with Gasteiger partial charge in [0.25, 0.3) is 0 Å². The van der Waals surface area contributed by atoms with Crippen molar-refractivity contribution in [2.24, 2.45) is 0 Å². The van der Waals surface area contributed by atoms with Gasteiger partial charge in [0.05, 0.1) is 0 Å². The van der Waals surface area contributed by atoms with Crippen molar-refractivity contribution in [2.75, 3.05) is 0 Å². The molecule has 0 saturated heterocycles. The van der Waals surface area contributed by atoms with Crippen LogP contribution in [0.1, 0.15) is 63.7 Å². The quantitative estimate of drug-likeness (QED) is 0.143. The van der Waals surface area contributed by atoms with Crippen molar-refractivity contribution in [1.29, 1.82) is 0 Å². The molecule has 13 aliphatic rings. The lowest BCUT2D eigenvalue weighted by Crippen LogP contribution is -2.01. The van der Waals surface area contributed by atoms with Gasteiger partial charge in [0, 0.05) is 44.5 Å². The maximum atomic E-state index is 13.7. The van der Waals surface area contributed by atoms with Crippen LogP contribution in [0.25, 0.3) is 0 Å². The molecule has 16 bridgehead atoms. The predicted molar refractivity (Wildman–Crippen MR) is 332 cm³/mol. The van der Waals surface area contributed by atoms with Gasteiger partial charge in [0.2, 0.25) is 0 Å². The second kappa shape index (κ2) is 24.9.